The van der Waals surface area contributed by atoms with Gasteiger partial charge in [-0.2, -0.15) is 0 Å². The van der Waals surface area contributed by atoms with Gasteiger partial charge in [0.05, 0.1) is 28.7 Å². The highest BCUT2D eigenvalue weighted by molar-refractivity contribution is 9.10. The van der Waals surface area contributed by atoms with Gasteiger partial charge in [-0.1, -0.05) is 6.08 Å². The number of hydrogen-bond donors (Lipinski definition) is 0. The Morgan fingerprint density at radius 1 is 1.21 bits per heavy atom. The van der Waals surface area contributed by atoms with Gasteiger partial charge in [0.2, 0.25) is 0 Å². The van der Waals surface area contributed by atoms with Gasteiger partial charge in [0.15, 0.2) is 11.6 Å². The second-order valence-electron chi connectivity index (χ2n) is 4.72. The number of rotatable bonds is 6. The fraction of sp³-hybridized carbons (Fsp3) is 0.125. The van der Waals surface area contributed by atoms with E-state index >= 15 is 0 Å². The molecule has 0 fully saturated rings. The summed E-state index contributed by atoms with van der Waals surface area (Å²) >= 11 is 3.23. The van der Waals surface area contributed by atoms with Gasteiger partial charge in [-0.3, -0.25) is 4.31 Å². The maximum absolute atomic E-state index is 13.5. The number of ether oxygens (including phenoxy) is 1. The van der Waals surface area contributed by atoms with Crippen molar-refractivity contribution < 1.29 is 21.9 Å². The monoisotopic (exact) mass is 417 g/mol. The van der Waals surface area contributed by atoms with Crippen LogP contribution >= 0.6 is 15.9 Å². The molecule has 0 N–H and O–H groups in total. The Balaban J connectivity index is 2.54. The number of hydrogen-bond acceptors (Lipinski definition) is 3. The molecule has 0 amide bonds. The Kier molecular flexibility index (Phi) is 5.61. The average Bonchev–Trinajstić information content (AvgIpc) is 2.55. The van der Waals surface area contributed by atoms with Crippen molar-refractivity contribution in [1.29, 1.82) is 0 Å². The summed E-state index contributed by atoms with van der Waals surface area (Å²) in [5.41, 5.74) is 0.000686. The van der Waals surface area contributed by atoms with Crippen molar-refractivity contribution in [2.75, 3.05) is 18.0 Å². The smallest absolute Gasteiger partial charge is 0.264 e. The molecular formula is C16H14BrF2NO3S. The molecule has 0 saturated heterocycles. The van der Waals surface area contributed by atoms with E-state index in [4.69, 9.17) is 4.74 Å². The van der Waals surface area contributed by atoms with E-state index in [1.54, 1.807) is 0 Å². The number of methoxy groups -OCH3 is 1. The Bertz CT molecular complexity index is 872. The van der Waals surface area contributed by atoms with Crippen LogP contribution in [0, 0.1) is 11.6 Å². The minimum absolute atomic E-state index is 0.000686. The third-order valence-electron chi connectivity index (χ3n) is 3.20. The Hall–Kier alpha value is -1.93. The van der Waals surface area contributed by atoms with E-state index in [0.717, 1.165) is 16.4 Å². The van der Waals surface area contributed by atoms with Gasteiger partial charge < -0.3 is 4.74 Å². The van der Waals surface area contributed by atoms with Gasteiger partial charge in [0, 0.05) is 6.07 Å². The molecule has 0 aliphatic carbocycles. The minimum Gasteiger partial charge on any atom is -0.496 e. The fourth-order valence-electron chi connectivity index (χ4n) is 2.03. The maximum atomic E-state index is 13.5. The molecule has 0 heterocycles. The second-order valence-corrected chi connectivity index (χ2v) is 7.44. The third kappa shape index (κ3) is 3.59. The molecule has 0 aliphatic heterocycles. The molecular weight excluding hydrogens is 404 g/mol. The molecule has 4 nitrogen and oxygen atoms in total. The number of sulfonamides is 1. The molecule has 0 atom stereocenters. The zero-order valence-electron chi connectivity index (χ0n) is 12.7. The van der Waals surface area contributed by atoms with E-state index in [0.29, 0.717) is 10.2 Å². The summed E-state index contributed by atoms with van der Waals surface area (Å²) in [7, 11) is -2.55. The van der Waals surface area contributed by atoms with Crippen molar-refractivity contribution in [2.24, 2.45) is 0 Å². The van der Waals surface area contributed by atoms with E-state index in [1.807, 2.05) is 0 Å². The Morgan fingerprint density at radius 3 is 2.46 bits per heavy atom. The fourth-order valence-corrected chi connectivity index (χ4v) is 4.18. The second kappa shape index (κ2) is 7.31. The van der Waals surface area contributed by atoms with Crippen molar-refractivity contribution in [3.63, 3.8) is 0 Å². The maximum Gasteiger partial charge on any atom is 0.264 e. The zero-order valence-corrected chi connectivity index (χ0v) is 15.1. The Morgan fingerprint density at radius 2 is 1.92 bits per heavy atom. The summed E-state index contributed by atoms with van der Waals surface area (Å²) < 4.78 is 58.8. The molecule has 8 heteroatoms. The summed E-state index contributed by atoms with van der Waals surface area (Å²) in [5, 5.41) is 0. The lowest BCUT2D eigenvalue weighted by molar-refractivity contribution is 0.411. The third-order valence-corrected chi connectivity index (χ3v) is 5.61. The average molecular weight is 418 g/mol. The summed E-state index contributed by atoms with van der Waals surface area (Å²) in [6, 6.07) is 7.14. The molecule has 128 valence electrons. The van der Waals surface area contributed by atoms with E-state index in [-0.39, 0.29) is 17.1 Å². The number of nitrogens with zero attached hydrogens (tertiary/aromatic N) is 1. The quantitative estimate of drug-likeness (QED) is 0.664. The molecule has 0 spiro atoms. The topological polar surface area (TPSA) is 46.6 Å². The lowest BCUT2D eigenvalue weighted by Crippen LogP contribution is -2.31. The highest BCUT2D eigenvalue weighted by Crippen LogP contribution is 2.31. The molecule has 2 aromatic carbocycles. The molecule has 24 heavy (non-hydrogen) atoms. The van der Waals surface area contributed by atoms with Crippen LogP contribution in [0.5, 0.6) is 5.75 Å². The lowest BCUT2D eigenvalue weighted by Gasteiger charge is -2.23. The van der Waals surface area contributed by atoms with Crippen LogP contribution in [-0.4, -0.2) is 22.1 Å². The molecule has 2 aromatic rings. The van der Waals surface area contributed by atoms with Crippen molar-refractivity contribution in [1.82, 2.24) is 0 Å². The van der Waals surface area contributed by atoms with Gasteiger partial charge in [-0.15, -0.1) is 6.58 Å². The first kappa shape index (κ1) is 18.4. The van der Waals surface area contributed by atoms with Gasteiger partial charge in [0.1, 0.15) is 5.75 Å². The van der Waals surface area contributed by atoms with Gasteiger partial charge in [-0.25, -0.2) is 17.2 Å². The molecule has 0 aliphatic rings. The van der Waals surface area contributed by atoms with E-state index in [2.05, 4.69) is 22.5 Å². The predicted octanol–water partition coefficient (Wildman–Crippen LogP) is 4.12. The first-order valence-corrected chi connectivity index (χ1v) is 8.96. The number of anilines is 1. The normalized spacial score (nSPS) is 11.2. The zero-order chi connectivity index (χ0) is 17.9. The first-order chi connectivity index (χ1) is 11.3. The molecule has 2 rings (SSSR count). The molecule has 0 bridgehead atoms. The van der Waals surface area contributed by atoms with Gasteiger partial charge >= 0.3 is 0 Å². The summed E-state index contributed by atoms with van der Waals surface area (Å²) in [6.45, 7) is 3.41. The van der Waals surface area contributed by atoms with E-state index in [1.165, 1.54) is 37.5 Å². The summed E-state index contributed by atoms with van der Waals surface area (Å²) in [4.78, 5) is -0.0261. The molecule has 0 radical (unpaired) electrons. The molecule has 0 aromatic heterocycles. The van der Waals surface area contributed by atoms with Crippen molar-refractivity contribution in [3.05, 3.63) is 65.2 Å². The largest absolute Gasteiger partial charge is 0.496 e. The van der Waals surface area contributed by atoms with Crippen molar-refractivity contribution in [3.8, 4) is 5.75 Å². The first-order valence-electron chi connectivity index (χ1n) is 6.73. The van der Waals surface area contributed by atoms with E-state index in [9.17, 15) is 17.2 Å². The number of halogens is 3. The van der Waals surface area contributed by atoms with Crippen LogP contribution in [0.15, 0.2) is 58.4 Å². The van der Waals surface area contributed by atoms with Crippen molar-refractivity contribution in [2.45, 2.75) is 4.90 Å². The molecule has 0 saturated carbocycles. The Labute approximate surface area is 147 Å². The minimum atomic E-state index is -4.01. The standard InChI is InChI=1S/C16H14BrF2NO3S/c1-3-8-20(11-4-6-14(18)15(19)9-11)24(21,22)12-5-7-16(23-2)13(17)10-12/h3-7,9-10H,1,8H2,2H3. The number of benzene rings is 2. The summed E-state index contributed by atoms with van der Waals surface area (Å²) in [5.74, 6) is -1.72. The van der Waals surface area contributed by atoms with Crippen LogP contribution in [0.1, 0.15) is 0 Å². The highest BCUT2D eigenvalue weighted by Gasteiger charge is 2.25. The van der Waals surface area contributed by atoms with Gasteiger partial charge in [0.25, 0.3) is 10.0 Å². The lowest BCUT2D eigenvalue weighted by atomic mass is 10.3. The highest BCUT2D eigenvalue weighted by atomic mass is 79.9. The van der Waals surface area contributed by atoms with Crippen LogP contribution in [-0.2, 0) is 10.0 Å². The molecule has 0 unspecified atom stereocenters. The van der Waals surface area contributed by atoms with Crippen LogP contribution in [0.3, 0.4) is 0 Å². The van der Waals surface area contributed by atoms with Crippen LogP contribution in [0.25, 0.3) is 0 Å². The van der Waals surface area contributed by atoms with Gasteiger partial charge in [-0.05, 0) is 46.3 Å². The van der Waals surface area contributed by atoms with Crippen LogP contribution in [0.4, 0.5) is 14.5 Å². The summed E-state index contributed by atoms with van der Waals surface area (Å²) in [6.07, 6.45) is 1.36. The van der Waals surface area contributed by atoms with Crippen LogP contribution < -0.4 is 9.04 Å². The predicted molar refractivity (Wildman–Crippen MR) is 91.8 cm³/mol. The van der Waals surface area contributed by atoms with Crippen molar-refractivity contribution >= 4 is 31.6 Å². The van der Waals surface area contributed by atoms with Crippen LogP contribution in [0.2, 0.25) is 0 Å². The van der Waals surface area contributed by atoms with E-state index < -0.39 is 21.7 Å². The SMILES string of the molecule is C=CCN(c1ccc(F)c(F)c1)S(=O)(=O)c1ccc(OC)c(Br)c1.